The van der Waals surface area contributed by atoms with E-state index in [2.05, 4.69) is 24.7 Å². The fourth-order valence-electron chi connectivity index (χ4n) is 5.57. The lowest BCUT2D eigenvalue weighted by Crippen LogP contribution is -2.50. The van der Waals surface area contributed by atoms with Crippen LogP contribution in [0.2, 0.25) is 25.7 Å². The zero-order chi connectivity index (χ0) is 36.2. The number of aliphatic hydroxyl groups is 1. The second-order valence-electron chi connectivity index (χ2n) is 14.5. The summed E-state index contributed by atoms with van der Waals surface area (Å²) in [6.45, 7) is 14.5. The smallest absolute Gasteiger partial charge is 0.410 e. The summed E-state index contributed by atoms with van der Waals surface area (Å²) in [5, 5.41) is 29.8. The average Bonchev–Trinajstić information content (AvgIpc) is 3.39. The molecular formula is C35H47FN6O7Si. The van der Waals surface area contributed by atoms with Gasteiger partial charge in [0.15, 0.2) is 0 Å². The molecule has 1 aliphatic rings. The quantitative estimate of drug-likeness (QED) is 0.153. The van der Waals surface area contributed by atoms with Gasteiger partial charge in [-0.2, -0.15) is 14.9 Å². The summed E-state index contributed by atoms with van der Waals surface area (Å²) >= 11 is 0. The number of hydrogen-bond acceptors (Lipinski definition) is 10. The number of para-hydroxylation sites is 1. The first-order valence-electron chi connectivity index (χ1n) is 16.8. The van der Waals surface area contributed by atoms with E-state index in [4.69, 9.17) is 24.4 Å². The molecule has 270 valence electrons. The van der Waals surface area contributed by atoms with Crippen molar-refractivity contribution >= 4 is 30.9 Å². The van der Waals surface area contributed by atoms with Crippen LogP contribution in [0.5, 0.6) is 5.75 Å². The first-order valence-corrected chi connectivity index (χ1v) is 20.5. The molecule has 0 aliphatic carbocycles. The minimum atomic E-state index is -1.36. The SMILES string of the molecule is CC(C)(C)OC(=O)N1CCN(c2ccc(-c3nn(COCC[Si](C)(C)C)c4cc(=O)n(-c5c(F)cccc5COCCO)nc34)cc2O)CC1. The molecule has 1 amide bonds. The maximum absolute atomic E-state index is 15.4. The minimum absolute atomic E-state index is 0.00745. The second kappa shape index (κ2) is 15.3. The zero-order valence-electron chi connectivity index (χ0n) is 29.6. The van der Waals surface area contributed by atoms with Crippen LogP contribution in [0.1, 0.15) is 26.3 Å². The van der Waals surface area contributed by atoms with Gasteiger partial charge in [-0.1, -0.05) is 37.8 Å². The Morgan fingerprint density at radius 2 is 1.74 bits per heavy atom. The van der Waals surface area contributed by atoms with Crippen LogP contribution in [0.25, 0.3) is 28.0 Å². The number of carbonyl (C=O) groups excluding carboxylic acids is 1. The maximum atomic E-state index is 15.4. The van der Waals surface area contributed by atoms with Crippen LogP contribution < -0.4 is 10.5 Å². The fraction of sp³-hybridized carbons (Fsp3) is 0.486. The van der Waals surface area contributed by atoms with Crippen LogP contribution in [-0.2, 0) is 27.5 Å². The number of halogens is 1. The number of aromatic hydroxyl groups is 1. The van der Waals surface area contributed by atoms with Crippen molar-refractivity contribution in [3.8, 4) is 22.7 Å². The van der Waals surface area contributed by atoms with Crippen molar-refractivity contribution in [3.05, 3.63) is 64.2 Å². The molecule has 1 saturated heterocycles. The van der Waals surface area contributed by atoms with Gasteiger partial charge in [0.2, 0.25) is 0 Å². The third-order valence-electron chi connectivity index (χ3n) is 8.14. The summed E-state index contributed by atoms with van der Waals surface area (Å²) in [5.74, 6) is -0.658. The zero-order valence-corrected chi connectivity index (χ0v) is 30.6. The topological polar surface area (TPSA) is 144 Å². The van der Waals surface area contributed by atoms with Gasteiger partial charge in [-0.25, -0.2) is 13.9 Å². The van der Waals surface area contributed by atoms with E-state index >= 15 is 4.39 Å². The lowest BCUT2D eigenvalue weighted by molar-refractivity contribution is 0.0240. The molecule has 1 fully saturated rings. The lowest BCUT2D eigenvalue weighted by atomic mass is 10.1. The molecule has 2 aromatic carbocycles. The Kier molecular flexibility index (Phi) is 11.3. The third-order valence-corrected chi connectivity index (χ3v) is 9.84. The summed E-state index contributed by atoms with van der Waals surface area (Å²) in [5.41, 5.74) is 1.35. The molecule has 0 atom stereocenters. The van der Waals surface area contributed by atoms with Gasteiger partial charge in [0.05, 0.1) is 31.0 Å². The van der Waals surface area contributed by atoms with Crippen molar-refractivity contribution in [1.82, 2.24) is 24.5 Å². The molecular weight excluding hydrogens is 664 g/mol. The van der Waals surface area contributed by atoms with Crippen LogP contribution in [0.3, 0.4) is 0 Å². The van der Waals surface area contributed by atoms with Crippen LogP contribution >= 0.6 is 0 Å². The van der Waals surface area contributed by atoms with E-state index in [1.54, 1.807) is 27.8 Å². The number of piperazine rings is 1. The highest BCUT2D eigenvalue weighted by molar-refractivity contribution is 6.76. The molecule has 5 rings (SSSR count). The second-order valence-corrected chi connectivity index (χ2v) is 20.1. The monoisotopic (exact) mass is 710 g/mol. The van der Waals surface area contributed by atoms with Crippen LogP contribution in [0.4, 0.5) is 14.9 Å². The Morgan fingerprint density at radius 1 is 1.00 bits per heavy atom. The maximum Gasteiger partial charge on any atom is 0.410 e. The number of nitrogens with zero attached hydrogens (tertiary/aromatic N) is 6. The summed E-state index contributed by atoms with van der Waals surface area (Å²) in [7, 11) is -1.36. The summed E-state index contributed by atoms with van der Waals surface area (Å²) < 4.78 is 34.9. The van der Waals surface area contributed by atoms with Crippen LogP contribution in [0.15, 0.2) is 47.3 Å². The Hall–Kier alpha value is -4.31. The van der Waals surface area contributed by atoms with Crippen molar-refractivity contribution in [2.45, 2.75) is 65.4 Å². The Balaban J connectivity index is 1.49. The van der Waals surface area contributed by atoms with Gasteiger partial charge in [0.25, 0.3) is 5.56 Å². The van der Waals surface area contributed by atoms with E-state index in [-0.39, 0.29) is 44.1 Å². The minimum Gasteiger partial charge on any atom is -0.506 e. The van der Waals surface area contributed by atoms with Gasteiger partial charge < -0.3 is 34.2 Å². The van der Waals surface area contributed by atoms with Gasteiger partial charge in [0.1, 0.15) is 40.8 Å². The summed E-state index contributed by atoms with van der Waals surface area (Å²) in [4.78, 5) is 29.7. The number of phenolic OH excluding ortho intramolecular Hbond substituents is 1. The Bertz CT molecular complexity index is 1880. The van der Waals surface area contributed by atoms with E-state index in [1.165, 1.54) is 18.2 Å². The molecule has 2 aromatic heterocycles. The summed E-state index contributed by atoms with van der Waals surface area (Å²) in [6, 6.07) is 11.9. The van der Waals surface area contributed by atoms with Gasteiger partial charge >= 0.3 is 6.09 Å². The molecule has 13 nitrogen and oxygen atoms in total. The lowest BCUT2D eigenvalue weighted by Gasteiger charge is -2.37. The van der Waals surface area contributed by atoms with Crippen molar-refractivity contribution < 1.29 is 33.6 Å². The molecule has 0 bridgehead atoms. The highest BCUT2D eigenvalue weighted by Gasteiger charge is 2.27. The molecule has 1 aliphatic heterocycles. The van der Waals surface area contributed by atoms with Crippen LogP contribution in [-0.4, -0.2) is 100 Å². The third kappa shape index (κ3) is 8.88. The van der Waals surface area contributed by atoms with Gasteiger partial charge in [-0.15, -0.1) is 0 Å². The number of aromatic nitrogens is 4. The number of hydrogen-bond donors (Lipinski definition) is 2. The molecule has 0 radical (unpaired) electrons. The number of fused-ring (bicyclic) bond motifs is 1. The van der Waals surface area contributed by atoms with E-state index in [9.17, 15) is 14.7 Å². The van der Waals surface area contributed by atoms with E-state index in [0.29, 0.717) is 66.3 Å². The van der Waals surface area contributed by atoms with Crippen molar-refractivity contribution in [1.29, 1.82) is 0 Å². The number of phenols is 1. The molecule has 50 heavy (non-hydrogen) atoms. The first-order chi connectivity index (χ1) is 23.6. The molecule has 2 N–H and O–H groups in total. The van der Waals surface area contributed by atoms with Crippen molar-refractivity contribution in [2.24, 2.45) is 0 Å². The molecule has 0 spiro atoms. The Morgan fingerprint density at radius 3 is 2.40 bits per heavy atom. The average molecular weight is 711 g/mol. The van der Waals surface area contributed by atoms with Crippen molar-refractivity contribution in [3.63, 3.8) is 0 Å². The summed E-state index contributed by atoms with van der Waals surface area (Å²) in [6.07, 6.45) is -0.366. The number of benzene rings is 2. The number of rotatable bonds is 12. The standard InChI is InChI=1S/C35H47FN6O7Si/c1-35(2,3)49-34(46)40-14-12-39(13-15-40)27-11-10-24(20-29(27)44)31-32-28(41(37-31)23-48-18-19-50(4,5)6)21-30(45)42(38-32)33-25(22-47-17-16-43)8-7-9-26(33)36/h7-11,20-21,43-44H,12-19,22-23H2,1-6H3. The predicted octanol–water partition coefficient (Wildman–Crippen LogP) is 4.97. The van der Waals surface area contributed by atoms with Gasteiger partial charge in [-0.3, -0.25) is 4.79 Å². The van der Waals surface area contributed by atoms with E-state index < -0.39 is 25.1 Å². The largest absolute Gasteiger partial charge is 0.506 e. The van der Waals surface area contributed by atoms with E-state index in [0.717, 1.165) is 10.7 Å². The number of amides is 1. The molecule has 15 heteroatoms. The van der Waals surface area contributed by atoms with E-state index in [1.807, 2.05) is 31.7 Å². The highest BCUT2D eigenvalue weighted by Crippen LogP contribution is 2.35. The van der Waals surface area contributed by atoms with Gasteiger partial charge in [0, 0.05) is 58.1 Å². The number of ether oxygens (including phenoxy) is 3. The molecule has 4 aromatic rings. The first kappa shape index (κ1) is 37.0. The number of carbonyl (C=O) groups is 1. The molecule has 0 unspecified atom stereocenters. The molecule has 0 saturated carbocycles. The van der Waals surface area contributed by atoms with Gasteiger partial charge in [-0.05, 0) is 45.0 Å². The molecule has 3 heterocycles. The van der Waals surface area contributed by atoms with Crippen LogP contribution in [0, 0.1) is 5.82 Å². The van der Waals surface area contributed by atoms with Crippen molar-refractivity contribution in [2.75, 3.05) is 50.9 Å². The fourth-order valence-corrected chi connectivity index (χ4v) is 6.33. The normalized spacial score (nSPS) is 14.1. The number of aliphatic hydroxyl groups excluding tert-OH is 1. The highest BCUT2D eigenvalue weighted by atomic mass is 28.3. The Labute approximate surface area is 291 Å². The number of anilines is 1. The predicted molar refractivity (Wildman–Crippen MR) is 191 cm³/mol.